The lowest BCUT2D eigenvalue weighted by atomic mass is 10.2. The van der Waals surface area contributed by atoms with Crippen LogP contribution >= 0.6 is 23.2 Å². The molecule has 1 aliphatic rings. The molecule has 0 spiro atoms. The molecule has 1 heterocycles. The molecule has 0 aromatic heterocycles. The second-order valence-electron chi connectivity index (χ2n) is 4.06. The van der Waals surface area contributed by atoms with Gasteiger partial charge < -0.3 is 14.9 Å². The Morgan fingerprint density at radius 2 is 2.33 bits per heavy atom. The van der Waals surface area contributed by atoms with Crippen LogP contribution in [0.5, 0.6) is 0 Å². The van der Waals surface area contributed by atoms with Gasteiger partial charge in [0.25, 0.3) is 0 Å². The summed E-state index contributed by atoms with van der Waals surface area (Å²) in [6.45, 7) is 1.20. The highest BCUT2D eigenvalue weighted by Crippen LogP contribution is 2.28. The minimum Gasteiger partial charge on any atom is -0.399 e. The van der Waals surface area contributed by atoms with E-state index in [-0.39, 0.29) is 12.8 Å². The third-order valence-corrected chi connectivity index (χ3v) is 3.33. The van der Waals surface area contributed by atoms with E-state index in [1.54, 1.807) is 6.07 Å². The van der Waals surface area contributed by atoms with Crippen molar-refractivity contribution in [1.29, 1.82) is 0 Å². The maximum atomic E-state index is 12.1. The van der Waals surface area contributed by atoms with Crippen molar-refractivity contribution < 1.29 is 14.4 Å². The molecule has 0 radical (unpaired) electrons. The Morgan fingerprint density at radius 3 is 3.00 bits per heavy atom. The summed E-state index contributed by atoms with van der Waals surface area (Å²) in [5, 5.41) is 8.49. The van der Waals surface area contributed by atoms with Gasteiger partial charge in [0, 0.05) is 5.56 Å². The molecule has 21 heavy (non-hydrogen) atoms. The topological polar surface area (TPSA) is 75.2 Å². The number of amides is 2. The number of hydrogen-bond acceptors (Lipinski definition) is 5. The fraction of sp³-hybridized carbons (Fsp3) is 0.333. The van der Waals surface area contributed by atoms with E-state index >= 15 is 0 Å². The van der Waals surface area contributed by atoms with Gasteiger partial charge in [0.05, 0.1) is 35.1 Å². The number of hydrazine groups is 1. The summed E-state index contributed by atoms with van der Waals surface area (Å²) in [4.78, 5) is 16.7. The first kappa shape index (κ1) is 15.8. The molecule has 0 unspecified atom stereocenters. The number of rotatable bonds is 3. The van der Waals surface area contributed by atoms with Crippen molar-refractivity contribution in [3.8, 4) is 0 Å². The minimum atomic E-state index is -0.336. The highest BCUT2D eigenvalue weighted by molar-refractivity contribution is 6.38. The van der Waals surface area contributed by atoms with E-state index in [1.807, 2.05) is 0 Å². The molecule has 114 valence electrons. The van der Waals surface area contributed by atoms with Crippen molar-refractivity contribution in [2.45, 2.75) is 0 Å². The standard InChI is InChI=1S/C12H14Cl2N4O3/c1-20-16-6-8-4-11(10(14)5-9(8)13)17-12(19)18-2-3-21-7-15-18/h4-6,15H,2-3,7H2,1H3,(H,17,19). The Morgan fingerprint density at radius 1 is 1.52 bits per heavy atom. The van der Waals surface area contributed by atoms with Crippen molar-refractivity contribution in [2.75, 3.05) is 32.3 Å². The Hall–Kier alpha value is -1.54. The summed E-state index contributed by atoms with van der Waals surface area (Å²) in [5.41, 5.74) is 3.81. The number of anilines is 1. The van der Waals surface area contributed by atoms with Crippen molar-refractivity contribution in [3.63, 3.8) is 0 Å². The molecule has 0 aliphatic carbocycles. The number of urea groups is 1. The smallest absolute Gasteiger partial charge is 0.336 e. The second kappa shape index (κ2) is 7.46. The van der Waals surface area contributed by atoms with E-state index in [4.69, 9.17) is 27.9 Å². The van der Waals surface area contributed by atoms with Gasteiger partial charge in [0.15, 0.2) is 0 Å². The number of hydrogen-bond donors (Lipinski definition) is 2. The van der Waals surface area contributed by atoms with E-state index in [1.165, 1.54) is 24.4 Å². The van der Waals surface area contributed by atoms with Gasteiger partial charge in [-0.2, -0.15) is 0 Å². The predicted molar refractivity (Wildman–Crippen MR) is 80.7 cm³/mol. The van der Waals surface area contributed by atoms with E-state index < -0.39 is 0 Å². The van der Waals surface area contributed by atoms with Crippen molar-refractivity contribution in [3.05, 3.63) is 27.7 Å². The lowest BCUT2D eigenvalue weighted by Gasteiger charge is -2.27. The number of halogens is 2. The first-order valence-corrected chi connectivity index (χ1v) is 6.82. The molecule has 1 aliphatic heterocycles. The van der Waals surface area contributed by atoms with Crippen molar-refractivity contribution in [1.82, 2.24) is 10.4 Å². The van der Waals surface area contributed by atoms with Crippen LogP contribution in [0.2, 0.25) is 10.0 Å². The van der Waals surface area contributed by atoms with E-state index in [0.717, 1.165) is 0 Å². The zero-order valence-corrected chi connectivity index (χ0v) is 12.7. The van der Waals surface area contributed by atoms with Crippen molar-refractivity contribution >= 4 is 41.1 Å². The van der Waals surface area contributed by atoms with Gasteiger partial charge >= 0.3 is 6.03 Å². The molecule has 2 N–H and O–H groups in total. The highest BCUT2D eigenvalue weighted by atomic mass is 35.5. The first-order chi connectivity index (χ1) is 10.1. The largest absolute Gasteiger partial charge is 0.399 e. The SMILES string of the molecule is CON=Cc1cc(NC(=O)N2CCOCN2)c(Cl)cc1Cl. The average molecular weight is 333 g/mol. The molecule has 2 amide bonds. The van der Waals surface area contributed by atoms with Crippen LogP contribution in [-0.4, -0.2) is 44.2 Å². The fourth-order valence-corrected chi connectivity index (χ4v) is 2.14. The summed E-state index contributed by atoms with van der Waals surface area (Å²) in [6, 6.07) is 2.81. The van der Waals surface area contributed by atoms with Gasteiger partial charge in [0.2, 0.25) is 0 Å². The molecule has 1 aromatic carbocycles. The lowest BCUT2D eigenvalue weighted by Crippen LogP contribution is -2.51. The van der Waals surface area contributed by atoms with Crippen LogP contribution in [0.25, 0.3) is 0 Å². The fourth-order valence-electron chi connectivity index (χ4n) is 1.66. The van der Waals surface area contributed by atoms with Crippen LogP contribution in [0.15, 0.2) is 17.3 Å². The van der Waals surface area contributed by atoms with Crippen LogP contribution in [0.4, 0.5) is 10.5 Å². The van der Waals surface area contributed by atoms with Crippen LogP contribution in [-0.2, 0) is 9.57 Å². The van der Waals surface area contributed by atoms with Crippen molar-refractivity contribution in [2.24, 2.45) is 5.16 Å². The molecule has 1 aromatic rings. The second-order valence-corrected chi connectivity index (χ2v) is 4.88. The number of ether oxygens (including phenoxy) is 1. The number of nitrogens with one attached hydrogen (secondary N) is 2. The third kappa shape index (κ3) is 4.21. The summed E-state index contributed by atoms with van der Waals surface area (Å²) in [7, 11) is 1.42. The molecule has 9 heteroatoms. The molecule has 1 saturated heterocycles. The number of carbonyl (C=O) groups is 1. The van der Waals surface area contributed by atoms with Crippen LogP contribution in [0.1, 0.15) is 5.56 Å². The van der Waals surface area contributed by atoms with Crippen LogP contribution in [0.3, 0.4) is 0 Å². The Labute approximate surface area is 131 Å². The molecule has 7 nitrogen and oxygen atoms in total. The number of oxime groups is 1. The highest BCUT2D eigenvalue weighted by Gasteiger charge is 2.18. The summed E-state index contributed by atoms with van der Waals surface area (Å²) in [6.07, 6.45) is 1.43. The lowest BCUT2D eigenvalue weighted by molar-refractivity contribution is 0.00550. The molecule has 1 fully saturated rings. The zero-order chi connectivity index (χ0) is 15.2. The Balaban J connectivity index is 2.14. The molecular formula is C12H14Cl2N4O3. The van der Waals surface area contributed by atoms with Gasteiger partial charge in [0.1, 0.15) is 13.8 Å². The van der Waals surface area contributed by atoms with Gasteiger partial charge in [-0.15, -0.1) is 0 Å². The van der Waals surface area contributed by atoms with Gasteiger partial charge in [-0.05, 0) is 12.1 Å². The average Bonchev–Trinajstić information content (AvgIpc) is 2.49. The molecule has 0 saturated carbocycles. The molecule has 2 rings (SSSR count). The number of carbonyl (C=O) groups excluding carboxylic acids is 1. The number of benzene rings is 1. The van der Waals surface area contributed by atoms with Gasteiger partial charge in [-0.25, -0.2) is 10.2 Å². The molecule has 0 atom stereocenters. The monoisotopic (exact) mass is 332 g/mol. The summed E-state index contributed by atoms with van der Waals surface area (Å²) in [5.74, 6) is 0. The summed E-state index contributed by atoms with van der Waals surface area (Å²) < 4.78 is 5.10. The van der Waals surface area contributed by atoms with Crippen LogP contribution < -0.4 is 10.7 Å². The molecule has 0 bridgehead atoms. The number of nitrogens with zero attached hydrogens (tertiary/aromatic N) is 2. The Kier molecular flexibility index (Phi) is 5.63. The Bertz CT molecular complexity index is 548. The zero-order valence-electron chi connectivity index (χ0n) is 11.2. The van der Waals surface area contributed by atoms with Gasteiger partial charge in [-0.1, -0.05) is 28.4 Å². The third-order valence-electron chi connectivity index (χ3n) is 2.69. The quantitative estimate of drug-likeness (QED) is 0.657. The minimum absolute atomic E-state index is 0.285. The summed E-state index contributed by atoms with van der Waals surface area (Å²) >= 11 is 12.1. The van der Waals surface area contributed by atoms with E-state index in [9.17, 15) is 4.79 Å². The normalized spacial score (nSPS) is 15.3. The predicted octanol–water partition coefficient (Wildman–Crippen LogP) is 2.30. The maximum Gasteiger partial charge on any atom is 0.336 e. The molecular weight excluding hydrogens is 319 g/mol. The van der Waals surface area contributed by atoms with Gasteiger partial charge in [-0.3, -0.25) is 5.01 Å². The van der Waals surface area contributed by atoms with E-state index in [2.05, 4.69) is 20.7 Å². The van der Waals surface area contributed by atoms with E-state index in [0.29, 0.717) is 34.4 Å². The first-order valence-electron chi connectivity index (χ1n) is 6.07. The van der Waals surface area contributed by atoms with Crippen LogP contribution in [0, 0.1) is 0 Å². The maximum absolute atomic E-state index is 12.1.